The summed E-state index contributed by atoms with van der Waals surface area (Å²) in [4.78, 5) is 12.4. The van der Waals surface area contributed by atoms with Crippen molar-refractivity contribution in [2.45, 2.75) is 44.6 Å². The number of ether oxygens (including phenoxy) is 1. The van der Waals surface area contributed by atoms with Gasteiger partial charge in [0.2, 0.25) is 5.91 Å². The summed E-state index contributed by atoms with van der Waals surface area (Å²) in [6.07, 6.45) is 5.24. The molecule has 4 atom stereocenters. The van der Waals surface area contributed by atoms with Gasteiger partial charge in [-0.3, -0.25) is 14.9 Å². The number of hydrogen-bond donors (Lipinski definition) is 3. The summed E-state index contributed by atoms with van der Waals surface area (Å²) in [5.41, 5.74) is 16.4. The fourth-order valence-corrected chi connectivity index (χ4v) is 5.33. The molecule has 8 nitrogen and oxygen atoms in total. The maximum atomic E-state index is 12.4. The molecule has 4 unspecified atom stereocenters. The van der Waals surface area contributed by atoms with Crippen LogP contribution in [0.5, 0.6) is 5.75 Å². The second kappa shape index (κ2) is 8.69. The number of methoxy groups -OCH3 is 1. The van der Waals surface area contributed by atoms with E-state index >= 15 is 0 Å². The van der Waals surface area contributed by atoms with Gasteiger partial charge in [-0.25, -0.2) is 5.43 Å². The number of aryl methyl sites for hydroxylation is 2. The van der Waals surface area contributed by atoms with Crippen molar-refractivity contribution in [1.82, 2.24) is 20.6 Å². The monoisotopic (exact) mass is 422 g/mol. The first-order valence-electron chi connectivity index (χ1n) is 10.9. The van der Waals surface area contributed by atoms with E-state index < -0.39 is 0 Å². The van der Waals surface area contributed by atoms with E-state index in [1.165, 1.54) is 0 Å². The highest BCUT2D eigenvalue weighted by Gasteiger charge is 2.43. The van der Waals surface area contributed by atoms with E-state index in [2.05, 4.69) is 22.0 Å². The molecule has 1 aliphatic carbocycles. The van der Waals surface area contributed by atoms with E-state index in [-0.39, 0.29) is 29.7 Å². The Hall–Kier alpha value is -2.89. The van der Waals surface area contributed by atoms with Gasteiger partial charge in [0.05, 0.1) is 24.6 Å². The highest BCUT2D eigenvalue weighted by atomic mass is 16.5. The molecule has 31 heavy (non-hydrogen) atoms. The summed E-state index contributed by atoms with van der Waals surface area (Å²) in [6, 6.07) is 6.33. The van der Waals surface area contributed by atoms with Gasteiger partial charge in [0.25, 0.3) is 0 Å². The summed E-state index contributed by atoms with van der Waals surface area (Å²) in [6.45, 7) is 2.52. The van der Waals surface area contributed by atoms with E-state index in [4.69, 9.17) is 10.5 Å². The summed E-state index contributed by atoms with van der Waals surface area (Å²) in [5, 5.41) is 14.5. The number of nitrogens with two attached hydrogens (primary N) is 1. The molecule has 1 saturated carbocycles. The van der Waals surface area contributed by atoms with Gasteiger partial charge < -0.3 is 10.5 Å². The number of hydrazine groups is 1. The molecule has 4 rings (SSSR count). The van der Waals surface area contributed by atoms with Crippen LogP contribution in [0, 0.1) is 23.2 Å². The molecular formula is C23H30N6O2. The first-order chi connectivity index (χ1) is 15.0. The molecule has 2 aliphatic rings. The Morgan fingerprint density at radius 1 is 1.39 bits per heavy atom. The quantitative estimate of drug-likeness (QED) is 0.678. The molecule has 2 aromatic rings. The first kappa shape index (κ1) is 21.3. The predicted molar refractivity (Wildman–Crippen MR) is 117 cm³/mol. The SMILES string of the molecule is CCc1cc(OC)cc(-c2c(C3CCC4C(=O)NNC(CN)C4C3)cnn2C)c1C#N. The molecule has 2 heterocycles. The van der Waals surface area contributed by atoms with Crippen molar-refractivity contribution in [2.75, 3.05) is 13.7 Å². The number of rotatable bonds is 5. The Labute approximate surface area is 182 Å². The lowest BCUT2D eigenvalue weighted by molar-refractivity contribution is -0.133. The number of aromatic nitrogens is 2. The van der Waals surface area contributed by atoms with Crippen molar-refractivity contribution in [1.29, 1.82) is 5.26 Å². The maximum absolute atomic E-state index is 12.4. The van der Waals surface area contributed by atoms with Gasteiger partial charge in [0.1, 0.15) is 11.8 Å². The van der Waals surface area contributed by atoms with E-state index in [0.29, 0.717) is 12.1 Å². The van der Waals surface area contributed by atoms with Crippen molar-refractivity contribution < 1.29 is 9.53 Å². The van der Waals surface area contributed by atoms with Crippen LogP contribution in [-0.4, -0.2) is 35.4 Å². The van der Waals surface area contributed by atoms with Crippen LogP contribution in [0.3, 0.4) is 0 Å². The third-order valence-corrected chi connectivity index (χ3v) is 6.97. The lowest BCUT2D eigenvalue weighted by Crippen LogP contribution is -2.62. The number of carbonyl (C=O) groups is 1. The lowest BCUT2D eigenvalue weighted by Gasteiger charge is -2.43. The molecule has 1 aliphatic heterocycles. The summed E-state index contributed by atoms with van der Waals surface area (Å²) < 4.78 is 7.38. The standard InChI is InChI=1S/C23H30N6O2/c1-4-13-7-15(31-3)9-18(19(13)10-24)22-20(12-26-29(22)2)14-5-6-16-17(8-14)21(11-25)27-28-23(16)30/h7,9,12,14,16-17,21,27H,4-6,8,11,25H2,1-3H3,(H,28,30). The van der Waals surface area contributed by atoms with Gasteiger partial charge >= 0.3 is 0 Å². The maximum Gasteiger partial charge on any atom is 0.237 e. The zero-order valence-electron chi connectivity index (χ0n) is 18.3. The van der Waals surface area contributed by atoms with Gasteiger partial charge in [0.15, 0.2) is 0 Å². The Bertz CT molecular complexity index is 1020. The zero-order chi connectivity index (χ0) is 22.1. The molecule has 8 heteroatoms. The molecule has 0 bridgehead atoms. The summed E-state index contributed by atoms with van der Waals surface area (Å²) in [5.74, 6) is 1.21. The fourth-order valence-electron chi connectivity index (χ4n) is 5.33. The van der Waals surface area contributed by atoms with Crippen LogP contribution in [0.1, 0.15) is 48.8 Å². The van der Waals surface area contributed by atoms with Crippen molar-refractivity contribution in [3.8, 4) is 23.1 Å². The van der Waals surface area contributed by atoms with Crippen LogP contribution in [0.25, 0.3) is 11.3 Å². The van der Waals surface area contributed by atoms with Crippen molar-refractivity contribution in [3.63, 3.8) is 0 Å². The molecule has 1 amide bonds. The number of carbonyl (C=O) groups excluding carboxylic acids is 1. The smallest absolute Gasteiger partial charge is 0.237 e. The Morgan fingerprint density at radius 2 is 2.19 bits per heavy atom. The molecule has 0 radical (unpaired) electrons. The molecular weight excluding hydrogens is 392 g/mol. The molecule has 1 saturated heterocycles. The van der Waals surface area contributed by atoms with E-state index in [1.54, 1.807) is 7.11 Å². The molecule has 2 fully saturated rings. The van der Waals surface area contributed by atoms with Gasteiger partial charge in [-0.05, 0) is 55.2 Å². The van der Waals surface area contributed by atoms with Gasteiger partial charge in [-0.15, -0.1) is 0 Å². The van der Waals surface area contributed by atoms with Gasteiger partial charge in [-0.2, -0.15) is 10.4 Å². The van der Waals surface area contributed by atoms with Crippen LogP contribution < -0.4 is 21.3 Å². The van der Waals surface area contributed by atoms with Crippen molar-refractivity contribution in [2.24, 2.45) is 24.6 Å². The predicted octanol–water partition coefficient (Wildman–Crippen LogP) is 1.99. The van der Waals surface area contributed by atoms with Crippen molar-refractivity contribution in [3.05, 3.63) is 35.0 Å². The number of benzene rings is 1. The highest BCUT2D eigenvalue weighted by molar-refractivity contribution is 5.80. The number of amides is 1. The topological polar surface area (TPSA) is 118 Å². The minimum atomic E-state index is -0.00986. The Kier molecular flexibility index (Phi) is 5.99. The second-order valence-corrected chi connectivity index (χ2v) is 8.50. The molecule has 164 valence electrons. The average molecular weight is 423 g/mol. The van der Waals surface area contributed by atoms with Gasteiger partial charge in [0, 0.05) is 36.7 Å². The lowest BCUT2D eigenvalue weighted by atomic mass is 9.68. The summed E-state index contributed by atoms with van der Waals surface area (Å²) in [7, 11) is 3.55. The zero-order valence-corrected chi connectivity index (χ0v) is 18.3. The van der Waals surface area contributed by atoms with Crippen molar-refractivity contribution >= 4 is 5.91 Å². The third kappa shape index (κ3) is 3.68. The third-order valence-electron chi connectivity index (χ3n) is 6.97. The van der Waals surface area contributed by atoms with Crippen LogP contribution in [0.4, 0.5) is 0 Å². The minimum absolute atomic E-state index is 0.00986. The molecule has 0 spiro atoms. The van der Waals surface area contributed by atoms with E-state index in [0.717, 1.165) is 53.8 Å². The normalized spacial score (nSPS) is 25.5. The minimum Gasteiger partial charge on any atom is -0.497 e. The van der Waals surface area contributed by atoms with E-state index in [1.807, 2.05) is 37.0 Å². The van der Waals surface area contributed by atoms with Crippen LogP contribution in [-0.2, 0) is 18.3 Å². The average Bonchev–Trinajstić information content (AvgIpc) is 3.19. The number of nitrogens with one attached hydrogen (secondary N) is 2. The number of fused-ring (bicyclic) bond motifs is 1. The Morgan fingerprint density at radius 3 is 2.87 bits per heavy atom. The van der Waals surface area contributed by atoms with Crippen LogP contribution in [0.2, 0.25) is 0 Å². The largest absolute Gasteiger partial charge is 0.497 e. The highest BCUT2D eigenvalue weighted by Crippen LogP contribution is 2.45. The number of hydrogen-bond acceptors (Lipinski definition) is 6. The molecule has 4 N–H and O–H groups in total. The second-order valence-electron chi connectivity index (χ2n) is 8.50. The van der Waals surface area contributed by atoms with E-state index in [9.17, 15) is 10.1 Å². The van der Waals surface area contributed by atoms with Crippen LogP contribution in [0.15, 0.2) is 18.3 Å². The van der Waals surface area contributed by atoms with Gasteiger partial charge in [-0.1, -0.05) is 6.92 Å². The fraction of sp³-hybridized carbons (Fsp3) is 0.522. The molecule has 1 aromatic carbocycles. The van der Waals surface area contributed by atoms with Crippen LogP contribution >= 0.6 is 0 Å². The Balaban J connectivity index is 1.76. The summed E-state index contributed by atoms with van der Waals surface area (Å²) >= 11 is 0. The first-order valence-corrected chi connectivity index (χ1v) is 10.9. The molecule has 1 aromatic heterocycles. The number of nitriles is 1. The number of nitrogens with zero attached hydrogens (tertiary/aromatic N) is 3.